The number of aryl methyl sites for hydroxylation is 1. The van der Waals surface area contributed by atoms with E-state index in [0.717, 1.165) is 42.3 Å². The fourth-order valence-electron chi connectivity index (χ4n) is 2.82. The van der Waals surface area contributed by atoms with Gasteiger partial charge in [-0.05, 0) is 37.0 Å². The molecule has 0 spiro atoms. The maximum atomic E-state index is 5.92. The summed E-state index contributed by atoms with van der Waals surface area (Å²) in [4.78, 5) is 4.57. The lowest BCUT2D eigenvalue weighted by Crippen LogP contribution is -2.09. The van der Waals surface area contributed by atoms with Gasteiger partial charge in [-0.25, -0.2) is 4.98 Å². The van der Waals surface area contributed by atoms with Crippen molar-refractivity contribution in [1.29, 1.82) is 0 Å². The lowest BCUT2D eigenvalue weighted by atomic mass is 10.2. The second kappa shape index (κ2) is 5.00. The minimum absolute atomic E-state index is 0.661. The number of nitrogens with one attached hydrogen (secondary N) is 1. The Kier molecular flexibility index (Phi) is 3.00. The molecule has 0 aliphatic heterocycles. The molecule has 0 bridgehead atoms. The maximum absolute atomic E-state index is 5.92. The van der Waals surface area contributed by atoms with Gasteiger partial charge in [-0.2, -0.15) is 0 Å². The number of hydrogen-bond donors (Lipinski definition) is 1. The van der Waals surface area contributed by atoms with Gasteiger partial charge in [0.15, 0.2) is 0 Å². The predicted molar refractivity (Wildman–Crippen MR) is 81.6 cm³/mol. The zero-order valence-corrected chi connectivity index (χ0v) is 12.1. The molecule has 2 aromatic heterocycles. The van der Waals surface area contributed by atoms with E-state index in [4.69, 9.17) is 11.6 Å². The number of hydrogen-bond acceptors (Lipinski definition) is 4. The molecule has 0 unspecified atom stereocenters. The Morgan fingerprint density at radius 3 is 2.90 bits per heavy atom. The van der Waals surface area contributed by atoms with Crippen molar-refractivity contribution < 1.29 is 0 Å². The Labute approximate surface area is 127 Å². The summed E-state index contributed by atoms with van der Waals surface area (Å²) in [5, 5.41) is 12.3. The Bertz CT molecular complexity index is 794. The molecular formula is C15H14ClN5. The zero-order chi connectivity index (χ0) is 14.2. The van der Waals surface area contributed by atoms with Crippen molar-refractivity contribution in [2.45, 2.75) is 25.8 Å². The average Bonchev–Trinajstić information content (AvgIpc) is 3.13. The second-order valence-corrected chi connectivity index (χ2v) is 5.66. The van der Waals surface area contributed by atoms with Gasteiger partial charge in [-0.3, -0.25) is 4.40 Å². The fraction of sp³-hybridized carbons (Fsp3) is 0.267. The van der Waals surface area contributed by atoms with Crippen LogP contribution < -0.4 is 5.32 Å². The van der Waals surface area contributed by atoms with E-state index in [-0.39, 0.29) is 0 Å². The molecule has 1 N–H and O–H groups in total. The van der Waals surface area contributed by atoms with Gasteiger partial charge < -0.3 is 5.32 Å². The molecular weight excluding hydrogens is 286 g/mol. The second-order valence-electron chi connectivity index (χ2n) is 5.22. The molecule has 21 heavy (non-hydrogen) atoms. The van der Waals surface area contributed by atoms with E-state index in [1.165, 1.54) is 11.1 Å². The summed E-state index contributed by atoms with van der Waals surface area (Å²) in [5.74, 6) is 1.72. The molecule has 106 valence electrons. The Morgan fingerprint density at radius 1 is 1.19 bits per heavy atom. The molecule has 1 aliphatic rings. The number of fused-ring (bicyclic) bond motifs is 2. The van der Waals surface area contributed by atoms with Crippen molar-refractivity contribution in [2.75, 3.05) is 5.32 Å². The zero-order valence-electron chi connectivity index (χ0n) is 11.4. The first kappa shape index (κ1) is 12.6. The third kappa shape index (κ3) is 2.23. The van der Waals surface area contributed by atoms with E-state index in [9.17, 15) is 0 Å². The maximum Gasteiger partial charge on any atom is 0.256 e. The first-order chi connectivity index (χ1) is 10.3. The topological polar surface area (TPSA) is 55.1 Å². The van der Waals surface area contributed by atoms with Gasteiger partial charge in [-0.1, -0.05) is 23.7 Å². The summed E-state index contributed by atoms with van der Waals surface area (Å²) in [6.07, 6.45) is 4.94. The quantitative estimate of drug-likeness (QED) is 0.808. The molecule has 0 saturated carbocycles. The van der Waals surface area contributed by atoms with E-state index in [2.05, 4.69) is 20.5 Å². The molecule has 1 aromatic carbocycles. The summed E-state index contributed by atoms with van der Waals surface area (Å²) in [5.41, 5.74) is 3.62. The number of aromatic nitrogens is 4. The van der Waals surface area contributed by atoms with E-state index >= 15 is 0 Å². The fourth-order valence-corrected chi connectivity index (χ4v) is 2.94. The van der Waals surface area contributed by atoms with Crippen LogP contribution in [0.4, 0.5) is 5.82 Å². The van der Waals surface area contributed by atoms with Gasteiger partial charge in [0.2, 0.25) is 0 Å². The molecule has 4 rings (SSSR count). The molecule has 2 heterocycles. The minimum Gasteiger partial charge on any atom is -0.367 e. The van der Waals surface area contributed by atoms with Crippen LogP contribution in [-0.4, -0.2) is 19.6 Å². The van der Waals surface area contributed by atoms with Crippen LogP contribution in [0.3, 0.4) is 0 Å². The van der Waals surface area contributed by atoms with Crippen molar-refractivity contribution in [2.24, 2.45) is 0 Å². The average molecular weight is 300 g/mol. The van der Waals surface area contributed by atoms with Crippen LogP contribution >= 0.6 is 11.6 Å². The number of anilines is 1. The standard InChI is InChI=1S/C15H14ClN5/c16-11-6-4-10(5-7-11)8-17-14-12-2-1-3-13(12)19-15-20-18-9-21(14)15/h4-7,9,17H,1-3,8H2. The third-order valence-electron chi connectivity index (χ3n) is 3.85. The van der Waals surface area contributed by atoms with Crippen LogP contribution in [0.1, 0.15) is 23.2 Å². The Hall–Kier alpha value is -2.14. The summed E-state index contributed by atoms with van der Waals surface area (Å²) in [7, 11) is 0. The normalized spacial score (nSPS) is 13.6. The molecule has 6 heteroatoms. The molecule has 0 atom stereocenters. The highest BCUT2D eigenvalue weighted by Gasteiger charge is 2.20. The largest absolute Gasteiger partial charge is 0.367 e. The molecule has 0 amide bonds. The van der Waals surface area contributed by atoms with Crippen molar-refractivity contribution in [3.8, 4) is 0 Å². The molecule has 0 radical (unpaired) electrons. The lowest BCUT2D eigenvalue weighted by Gasteiger charge is -2.13. The van der Waals surface area contributed by atoms with E-state index in [1.807, 2.05) is 28.7 Å². The molecule has 0 saturated heterocycles. The number of rotatable bonds is 3. The summed E-state index contributed by atoms with van der Waals surface area (Å²) in [6, 6.07) is 7.87. The van der Waals surface area contributed by atoms with Crippen LogP contribution in [0.5, 0.6) is 0 Å². The lowest BCUT2D eigenvalue weighted by molar-refractivity contribution is 0.899. The summed E-state index contributed by atoms with van der Waals surface area (Å²) < 4.78 is 1.93. The van der Waals surface area contributed by atoms with Gasteiger partial charge in [0, 0.05) is 17.1 Å². The molecule has 1 aliphatic carbocycles. The van der Waals surface area contributed by atoms with Gasteiger partial charge in [-0.15, -0.1) is 10.2 Å². The van der Waals surface area contributed by atoms with Gasteiger partial charge in [0.1, 0.15) is 12.1 Å². The van der Waals surface area contributed by atoms with E-state index < -0.39 is 0 Å². The van der Waals surface area contributed by atoms with Crippen molar-refractivity contribution in [1.82, 2.24) is 19.6 Å². The van der Waals surface area contributed by atoms with Crippen LogP contribution in [0.25, 0.3) is 5.78 Å². The van der Waals surface area contributed by atoms with Crippen molar-refractivity contribution in [3.63, 3.8) is 0 Å². The highest BCUT2D eigenvalue weighted by Crippen LogP contribution is 2.28. The number of nitrogens with zero attached hydrogens (tertiary/aromatic N) is 4. The third-order valence-corrected chi connectivity index (χ3v) is 4.11. The predicted octanol–water partition coefficient (Wildman–Crippen LogP) is 2.88. The highest BCUT2D eigenvalue weighted by molar-refractivity contribution is 6.30. The minimum atomic E-state index is 0.661. The smallest absolute Gasteiger partial charge is 0.256 e. The SMILES string of the molecule is Clc1ccc(CNc2c3c(nc4nncn24)CCC3)cc1. The first-order valence-corrected chi connectivity index (χ1v) is 7.39. The van der Waals surface area contributed by atoms with Crippen molar-refractivity contribution >= 4 is 23.2 Å². The van der Waals surface area contributed by atoms with Gasteiger partial charge in [0.25, 0.3) is 5.78 Å². The van der Waals surface area contributed by atoms with E-state index in [1.54, 1.807) is 6.33 Å². The monoisotopic (exact) mass is 299 g/mol. The van der Waals surface area contributed by atoms with Gasteiger partial charge in [0.05, 0.1) is 5.69 Å². The van der Waals surface area contributed by atoms with Gasteiger partial charge >= 0.3 is 0 Å². The van der Waals surface area contributed by atoms with Crippen LogP contribution in [0.15, 0.2) is 30.6 Å². The first-order valence-electron chi connectivity index (χ1n) is 7.01. The van der Waals surface area contributed by atoms with Crippen molar-refractivity contribution in [3.05, 3.63) is 52.4 Å². The number of halogens is 1. The summed E-state index contributed by atoms with van der Waals surface area (Å²) in [6.45, 7) is 0.737. The number of benzene rings is 1. The Morgan fingerprint density at radius 2 is 2.05 bits per heavy atom. The van der Waals surface area contributed by atoms with Crippen LogP contribution in [-0.2, 0) is 19.4 Å². The highest BCUT2D eigenvalue weighted by atomic mass is 35.5. The molecule has 3 aromatic rings. The molecule has 0 fully saturated rings. The summed E-state index contributed by atoms with van der Waals surface area (Å²) >= 11 is 5.92. The van der Waals surface area contributed by atoms with Crippen LogP contribution in [0.2, 0.25) is 5.02 Å². The molecule has 5 nitrogen and oxygen atoms in total. The Balaban J connectivity index is 1.69. The van der Waals surface area contributed by atoms with Crippen LogP contribution in [0, 0.1) is 0 Å². The van der Waals surface area contributed by atoms with E-state index in [0.29, 0.717) is 5.78 Å².